The summed E-state index contributed by atoms with van der Waals surface area (Å²) >= 11 is 5.15. The van der Waals surface area contributed by atoms with E-state index in [4.69, 9.17) is 17.0 Å². The molecule has 10 heteroatoms. The van der Waals surface area contributed by atoms with Crippen molar-refractivity contribution in [2.45, 2.75) is 20.8 Å². The third kappa shape index (κ3) is 5.74. The maximum atomic E-state index is 12.4. The highest BCUT2D eigenvalue weighted by molar-refractivity contribution is 7.80. The average molecular weight is 430 g/mol. The molecule has 0 aliphatic carbocycles. The Kier molecular flexibility index (Phi) is 7.43. The molecule has 2 amide bonds. The molecule has 0 atom stereocenters. The summed E-state index contributed by atoms with van der Waals surface area (Å²) in [7, 11) is 1.47. The lowest BCUT2D eigenvalue weighted by molar-refractivity contribution is -0.385. The SMILES string of the molecule is COc1cc(NC(=S)NC(=O)c2ccc(C)c([N+](=O)[O-])c2)ccc1NC(=O)C(C)C. The molecule has 2 rings (SSSR count). The van der Waals surface area contributed by atoms with E-state index in [2.05, 4.69) is 16.0 Å². The molecule has 0 unspecified atom stereocenters. The van der Waals surface area contributed by atoms with Crippen LogP contribution in [0.5, 0.6) is 5.75 Å². The summed E-state index contributed by atoms with van der Waals surface area (Å²) in [5.41, 5.74) is 1.44. The first-order chi connectivity index (χ1) is 14.1. The minimum absolute atomic E-state index is 0.00393. The Morgan fingerprint density at radius 2 is 1.83 bits per heavy atom. The lowest BCUT2D eigenvalue weighted by Gasteiger charge is -2.15. The van der Waals surface area contributed by atoms with E-state index in [0.717, 1.165) is 0 Å². The number of ether oxygens (including phenoxy) is 1. The van der Waals surface area contributed by atoms with Gasteiger partial charge in [-0.25, -0.2) is 0 Å². The molecular formula is C20H22N4O5S. The predicted octanol–water partition coefficient (Wildman–Crippen LogP) is 3.63. The first-order valence-corrected chi connectivity index (χ1v) is 9.39. The van der Waals surface area contributed by atoms with Gasteiger partial charge in [-0.05, 0) is 37.3 Å². The summed E-state index contributed by atoms with van der Waals surface area (Å²) in [6.45, 7) is 5.15. The minimum Gasteiger partial charge on any atom is -0.494 e. The van der Waals surface area contributed by atoms with E-state index < -0.39 is 10.8 Å². The van der Waals surface area contributed by atoms with Gasteiger partial charge in [-0.15, -0.1) is 0 Å². The number of carbonyl (C=O) groups excluding carboxylic acids is 2. The molecule has 2 aromatic carbocycles. The van der Waals surface area contributed by atoms with Crippen LogP contribution in [0.2, 0.25) is 0 Å². The molecule has 0 bridgehead atoms. The molecule has 0 radical (unpaired) electrons. The number of carbonyl (C=O) groups is 2. The second kappa shape index (κ2) is 9.79. The zero-order valence-corrected chi connectivity index (χ0v) is 17.8. The molecule has 0 aliphatic rings. The maximum absolute atomic E-state index is 12.4. The summed E-state index contributed by atoms with van der Waals surface area (Å²) < 4.78 is 5.30. The van der Waals surface area contributed by atoms with Gasteiger partial charge >= 0.3 is 0 Å². The van der Waals surface area contributed by atoms with Crippen molar-refractivity contribution in [1.82, 2.24) is 5.32 Å². The van der Waals surface area contributed by atoms with E-state index in [-0.39, 0.29) is 28.2 Å². The molecular weight excluding hydrogens is 408 g/mol. The molecule has 0 fully saturated rings. The van der Waals surface area contributed by atoms with Gasteiger partial charge in [-0.3, -0.25) is 25.0 Å². The van der Waals surface area contributed by atoms with Gasteiger partial charge in [0.25, 0.3) is 11.6 Å². The van der Waals surface area contributed by atoms with Crippen molar-refractivity contribution in [2.24, 2.45) is 5.92 Å². The van der Waals surface area contributed by atoms with Gasteiger partial charge in [0.15, 0.2) is 5.11 Å². The van der Waals surface area contributed by atoms with Crippen molar-refractivity contribution in [2.75, 3.05) is 17.7 Å². The number of methoxy groups -OCH3 is 1. The number of anilines is 2. The second-order valence-corrected chi connectivity index (χ2v) is 7.13. The Morgan fingerprint density at radius 1 is 1.13 bits per heavy atom. The van der Waals surface area contributed by atoms with E-state index in [9.17, 15) is 19.7 Å². The van der Waals surface area contributed by atoms with Gasteiger partial charge in [0.2, 0.25) is 5.91 Å². The summed E-state index contributed by atoms with van der Waals surface area (Å²) in [5, 5.41) is 19.1. The molecule has 0 saturated heterocycles. The van der Waals surface area contributed by atoms with Crippen molar-refractivity contribution in [1.29, 1.82) is 0 Å². The number of thiocarbonyl (C=S) groups is 1. The van der Waals surface area contributed by atoms with Gasteiger partial charge in [0, 0.05) is 34.9 Å². The van der Waals surface area contributed by atoms with Crippen LogP contribution in [-0.4, -0.2) is 29.0 Å². The number of nitro benzene ring substituents is 1. The lowest BCUT2D eigenvalue weighted by Crippen LogP contribution is -2.34. The number of amides is 2. The van der Waals surface area contributed by atoms with Gasteiger partial charge in [-0.1, -0.05) is 19.9 Å². The fourth-order valence-corrected chi connectivity index (χ4v) is 2.64. The van der Waals surface area contributed by atoms with Crippen molar-refractivity contribution < 1.29 is 19.2 Å². The number of aryl methyl sites for hydroxylation is 1. The molecule has 2 aromatic rings. The first-order valence-electron chi connectivity index (χ1n) is 8.98. The van der Waals surface area contributed by atoms with Crippen molar-refractivity contribution >= 4 is 46.2 Å². The van der Waals surface area contributed by atoms with Crippen LogP contribution in [0, 0.1) is 23.0 Å². The highest BCUT2D eigenvalue weighted by Gasteiger charge is 2.16. The largest absolute Gasteiger partial charge is 0.494 e. The normalized spacial score (nSPS) is 10.3. The average Bonchev–Trinajstić information content (AvgIpc) is 2.68. The van der Waals surface area contributed by atoms with Crippen LogP contribution in [0.25, 0.3) is 0 Å². The summed E-state index contributed by atoms with van der Waals surface area (Å²) in [6.07, 6.45) is 0. The number of hydrogen-bond acceptors (Lipinski definition) is 6. The zero-order valence-electron chi connectivity index (χ0n) is 16.9. The van der Waals surface area contributed by atoms with Crippen LogP contribution in [0.4, 0.5) is 17.1 Å². The molecule has 0 saturated carbocycles. The number of rotatable bonds is 6. The van der Waals surface area contributed by atoms with Crippen LogP contribution in [0.3, 0.4) is 0 Å². The molecule has 0 spiro atoms. The van der Waals surface area contributed by atoms with E-state index in [1.807, 2.05) is 0 Å². The maximum Gasteiger partial charge on any atom is 0.273 e. The molecule has 0 aliphatic heterocycles. The Morgan fingerprint density at radius 3 is 2.43 bits per heavy atom. The molecule has 0 heterocycles. The van der Waals surface area contributed by atoms with E-state index in [1.165, 1.54) is 25.3 Å². The van der Waals surface area contributed by atoms with Crippen LogP contribution in [-0.2, 0) is 4.79 Å². The number of hydrogen-bond donors (Lipinski definition) is 3. The van der Waals surface area contributed by atoms with Crippen molar-refractivity contribution in [3.63, 3.8) is 0 Å². The smallest absolute Gasteiger partial charge is 0.273 e. The zero-order chi connectivity index (χ0) is 22.4. The molecule has 30 heavy (non-hydrogen) atoms. The molecule has 0 aromatic heterocycles. The number of nitrogens with zero attached hydrogens (tertiary/aromatic N) is 1. The molecule has 9 nitrogen and oxygen atoms in total. The second-order valence-electron chi connectivity index (χ2n) is 6.73. The van der Waals surface area contributed by atoms with E-state index in [0.29, 0.717) is 22.7 Å². The van der Waals surface area contributed by atoms with Gasteiger partial charge < -0.3 is 15.4 Å². The van der Waals surface area contributed by atoms with E-state index in [1.54, 1.807) is 39.0 Å². The number of nitrogens with one attached hydrogen (secondary N) is 3. The Labute approximate surface area is 179 Å². The fraction of sp³-hybridized carbons (Fsp3) is 0.250. The van der Waals surface area contributed by atoms with Crippen LogP contribution < -0.4 is 20.7 Å². The first kappa shape index (κ1) is 22.8. The summed E-state index contributed by atoms with van der Waals surface area (Å²) in [6, 6.07) is 9.10. The Bertz CT molecular complexity index is 1010. The highest BCUT2D eigenvalue weighted by atomic mass is 32.1. The standard InChI is InChI=1S/C20H22N4O5S/c1-11(2)18(25)22-15-8-7-14(10-17(15)29-4)21-20(30)23-19(26)13-6-5-12(3)16(9-13)24(27)28/h5-11H,1-4H3,(H,22,25)(H2,21,23,26,30). The predicted molar refractivity (Wildman–Crippen MR) is 118 cm³/mol. The lowest BCUT2D eigenvalue weighted by atomic mass is 10.1. The molecule has 158 valence electrons. The van der Waals surface area contributed by atoms with E-state index >= 15 is 0 Å². The topological polar surface area (TPSA) is 123 Å². The summed E-state index contributed by atoms with van der Waals surface area (Å²) in [5.74, 6) is -0.502. The quantitative estimate of drug-likeness (QED) is 0.363. The number of benzene rings is 2. The highest BCUT2D eigenvalue weighted by Crippen LogP contribution is 2.28. The van der Waals surface area contributed by atoms with Gasteiger partial charge in [-0.2, -0.15) is 0 Å². The van der Waals surface area contributed by atoms with Crippen molar-refractivity contribution in [3.8, 4) is 5.75 Å². The van der Waals surface area contributed by atoms with Crippen LogP contribution in [0.15, 0.2) is 36.4 Å². The monoisotopic (exact) mass is 430 g/mol. The van der Waals surface area contributed by atoms with Crippen molar-refractivity contribution in [3.05, 3.63) is 57.6 Å². The third-order valence-electron chi connectivity index (χ3n) is 4.14. The summed E-state index contributed by atoms with van der Waals surface area (Å²) in [4.78, 5) is 34.8. The Hall–Kier alpha value is -3.53. The minimum atomic E-state index is -0.580. The van der Waals surface area contributed by atoms with Crippen LogP contribution in [0.1, 0.15) is 29.8 Å². The third-order valence-corrected chi connectivity index (χ3v) is 4.34. The molecule has 3 N–H and O–H groups in total. The van der Waals surface area contributed by atoms with Gasteiger partial charge in [0.05, 0.1) is 17.7 Å². The number of nitro groups is 1. The fourth-order valence-electron chi connectivity index (χ4n) is 2.43. The Balaban J connectivity index is 2.09. The van der Waals surface area contributed by atoms with Gasteiger partial charge in [0.1, 0.15) is 5.75 Å². The van der Waals surface area contributed by atoms with Crippen LogP contribution >= 0.6 is 12.2 Å².